The number of carbonyl (C=O) groups excluding carboxylic acids is 2. The number of nitrogens with zero attached hydrogens (tertiary/aromatic N) is 2. The molecule has 142 valence electrons. The standard InChI is InChI=1S/C22H16N4O2S/c27-21(7-6-18-5-2-12-29-18)16-3-1-4-17(13-16)24-22(28)20-14-19(25-26-20)15-8-10-23-11-9-15/h1-14H,(H,24,28)(H,25,26)/b7-6+. The second kappa shape index (κ2) is 8.45. The molecule has 6 nitrogen and oxygen atoms in total. The Kier molecular flexibility index (Phi) is 5.40. The fourth-order valence-corrected chi connectivity index (χ4v) is 3.32. The molecule has 29 heavy (non-hydrogen) atoms. The number of aromatic amines is 1. The molecule has 4 rings (SSSR count). The lowest BCUT2D eigenvalue weighted by Crippen LogP contribution is -2.12. The molecular formula is C22H16N4O2S. The second-order valence-electron chi connectivity index (χ2n) is 6.15. The first-order valence-corrected chi connectivity index (χ1v) is 9.70. The molecule has 3 heterocycles. The van der Waals surface area contributed by atoms with Gasteiger partial charge in [0.15, 0.2) is 5.78 Å². The van der Waals surface area contributed by atoms with Crippen LogP contribution in [0.4, 0.5) is 5.69 Å². The second-order valence-corrected chi connectivity index (χ2v) is 7.13. The van der Waals surface area contributed by atoms with Crippen LogP contribution in [0.5, 0.6) is 0 Å². The molecule has 0 bridgehead atoms. The molecular weight excluding hydrogens is 384 g/mol. The van der Waals surface area contributed by atoms with Gasteiger partial charge in [0, 0.05) is 34.1 Å². The van der Waals surface area contributed by atoms with E-state index in [0.717, 1.165) is 10.4 Å². The van der Waals surface area contributed by atoms with Gasteiger partial charge in [0.1, 0.15) is 5.69 Å². The van der Waals surface area contributed by atoms with Gasteiger partial charge >= 0.3 is 0 Å². The smallest absolute Gasteiger partial charge is 0.273 e. The minimum atomic E-state index is -0.337. The van der Waals surface area contributed by atoms with Gasteiger partial charge in [-0.1, -0.05) is 18.2 Å². The zero-order valence-electron chi connectivity index (χ0n) is 15.2. The minimum absolute atomic E-state index is 0.129. The number of aromatic nitrogens is 3. The van der Waals surface area contributed by atoms with Gasteiger partial charge in [-0.05, 0) is 53.9 Å². The van der Waals surface area contributed by atoms with Crippen LogP contribution in [0.25, 0.3) is 17.3 Å². The van der Waals surface area contributed by atoms with Crippen molar-refractivity contribution in [2.24, 2.45) is 0 Å². The van der Waals surface area contributed by atoms with Gasteiger partial charge in [-0.2, -0.15) is 5.10 Å². The number of nitrogens with one attached hydrogen (secondary N) is 2. The van der Waals surface area contributed by atoms with E-state index < -0.39 is 0 Å². The van der Waals surface area contributed by atoms with E-state index in [0.29, 0.717) is 22.6 Å². The normalized spacial score (nSPS) is 10.9. The Morgan fingerprint density at radius 3 is 2.69 bits per heavy atom. The van der Waals surface area contributed by atoms with E-state index in [2.05, 4.69) is 20.5 Å². The number of hydrogen-bond donors (Lipinski definition) is 2. The number of H-pyrrole nitrogens is 1. The number of benzene rings is 1. The molecule has 4 aromatic rings. The lowest BCUT2D eigenvalue weighted by molar-refractivity contribution is 0.101. The summed E-state index contributed by atoms with van der Waals surface area (Å²) in [5.41, 5.74) is 2.87. The van der Waals surface area contributed by atoms with Crippen molar-refractivity contribution in [1.82, 2.24) is 15.2 Å². The highest BCUT2D eigenvalue weighted by molar-refractivity contribution is 7.10. The van der Waals surface area contributed by atoms with Crippen LogP contribution in [0, 0.1) is 0 Å². The Morgan fingerprint density at radius 1 is 1.03 bits per heavy atom. The van der Waals surface area contributed by atoms with Crippen molar-refractivity contribution in [3.63, 3.8) is 0 Å². The topological polar surface area (TPSA) is 87.7 Å². The number of allylic oxidation sites excluding steroid dienone is 1. The van der Waals surface area contributed by atoms with Crippen molar-refractivity contribution in [2.75, 3.05) is 5.32 Å². The minimum Gasteiger partial charge on any atom is -0.321 e. The van der Waals surface area contributed by atoms with Gasteiger partial charge in [-0.15, -0.1) is 11.3 Å². The highest BCUT2D eigenvalue weighted by Crippen LogP contribution is 2.18. The predicted molar refractivity (Wildman–Crippen MR) is 114 cm³/mol. The molecule has 0 aliphatic rings. The summed E-state index contributed by atoms with van der Waals surface area (Å²) in [4.78, 5) is 29.9. The first-order valence-electron chi connectivity index (χ1n) is 8.82. The lowest BCUT2D eigenvalue weighted by Gasteiger charge is -2.05. The number of ketones is 1. The van der Waals surface area contributed by atoms with E-state index in [1.807, 2.05) is 29.6 Å². The van der Waals surface area contributed by atoms with Gasteiger partial charge in [0.05, 0.1) is 5.69 Å². The zero-order valence-corrected chi connectivity index (χ0v) is 16.0. The monoisotopic (exact) mass is 400 g/mol. The van der Waals surface area contributed by atoms with Crippen molar-refractivity contribution in [3.8, 4) is 11.3 Å². The Balaban J connectivity index is 1.46. The van der Waals surface area contributed by atoms with Gasteiger partial charge in [-0.3, -0.25) is 19.7 Å². The maximum atomic E-state index is 12.5. The van der Waals surface area contributed by atoms with Gasteiger partial charge < -0.3 is 5.32 Å². The van der Waals surface area contributed by atoms with Crippen LogP contribution in [-0.2, 0) is 0 Å². The van der Waals surface area contributed by atoms with Crippen molar-refractivity contribution in [2.45, 2.75) is 0 Å². The molecule has 2 N–H and O–H groups in total. The Bertz CT molecular complexity index is 1160. The van der Waals surface area contributed by atoms with E-state index in [9.17, 15) is 9.59 Å². The number of pyridine rings is 1. The van der Waals surface area contributed by atoms with Crippen molar-refractivity contribution < 1.29 is 9.59 Å². The number of anilines is 1. The summed E-state index contributed by atoms with van der Waals surface area (Å²) >= 11 is 1.56. The first kappa shape index (κ1) is 18.5. The van der Waals surface area contributed by atoms with Crippen LogP contribution in [0.15, 0.2) is 78.4 Å². The number of hydrogen-bond acceptors (Lipinski definition) is 5. The summed E-state index contributed by atoms with van der Waals surface area (Å²) in [6.07, 6.45) is 6.64. The van der Waals surface area contributed by atoms with Crippen LogP contribution >= 0.6 is 11.3 Å². The third-order valence-corrected chi connectivity index (χ3v) is 4.98. The average molecular weight is 400 g/mol. The predicted octanol–water partition coefficient (Wildman–Crippen LogP) is 4.68. The number of thiophene rings is 1. The molecule has 0 spiro atoms. The Labute approximate surface area is 171 Å². The molecule has 0 saturated carbocycles. The lowest BCUT2D eigenvalue weighted by atomic mass is 10.1. The van der Waals surface area contributed by atoms with Gasteiger partial charge in [0.2, 0.25) is 0 Å². The van der Waals surface area contributed by atoms with E-state index in [1.54, 1.807) is 60.1 Å². The van der Waals surface area contributed by atoms with Crippen LogP contribution in [0.2, 0.25) is 0 Å². The highest BCUT2D eigenvalue weighted by Gasteiger charge is 2.12. The largest absolute Gasteiger partial charge is 0.321 e. The summed E-state index contributed by atoms with van der Waals surface area (Å²) in [6, 6.07) is 16.0. The molecule has 3 aromatic heterocycles. The summed E-state index contributed by atoms with van der Waals surface area (Å²) < 4.78 is 0. The van der Waals surface area contributed by atoms with Gasteiger partial charge in [0.25, 0.3) is 5.91 Å². The third kappa shape index (κ3) is 4.53. The summed E-state index contributed by atoms with van der Waals surface area (Å²) in [6.45, 7) is 0. The summed E-state index contributed by atoms with van der Waals surface area (Å²) in [5, 5.41) is 11.7. The fourth-order valence-electron chi connectivity index (χ4n) is 2.70. The van der Waals surface area contributed by atoms with Crippen LogP contribution in [0.1, 0.15) is 25.7 Å². The average Bonchev–Trinajstić information content (AvgIpc) is 3.45. The molecule has 1 amide bonds. The van der Waals surface area contributed by atoms with Crippen LogP contribution < -0.4 is 5.32 Å². The number of rotatable bonds is 6. The maximum Gasteiger partial charge on any atom is 0.273 e. The van der Waals surface area contributed by atoms with Crippen molar-refractivity contribution >= 4 is 34.8 Å². The first-order chi connectivity index (χ1) is 14.2. The number of carbonyl (C=O) groups is 2. The van der Waals surface area contributed by atoms with Crippen molar-refractivity contribution in [3.05, 3.63) is 94.6 Å². The van der Waals surface area contributed by atoms with Crippen LogP contribution in [-0.4, -0.2) is 26.9 Å². The van der Waals surface area contributed by atoms with Gasteiger partial charge in [-0.25, -0.2) is 0 Å². The molecule has 0 radical (unpaired) electrons. The van der Waals surface area contributed by atoms with E-state index in [4.69, 9.17) is 0 Å². The molecule has 7 heteroatoms. The maximum absolute atomic E-state index is 12.5. The molecule has 0 unspecified atom stereocenters. The Morgan fingerprint density at radius 2 is 1.90 bits per heavy atom. The quantitative estimate of drug-likeness (QED) is 0.363. The molecule has 0 aliphatic heterocycles. The molecule has 0 saturated heterocycles. The SMILES string of the molecule is O=C(/C=C/c1cccs1)c1cccc(NC(=O)c2cc(-c3ccncc3)n[nH]2)c1. The van der Waals surface area contributed by atoms with Crippen LogP contribution in [0.3, 0.4) is 0 Å². The molecule has 0 aliphatic carbocycles. The van der Waals surface area contributed by atoms with E-state index >= 15 is 0 Å². The number of amides is 1. The van der Waals surface area contributed by atoms with Crippen molar-refractivity contribution in [1.29, 1.82) is 0 Å². The third-order valence-electron chi connectivity index (χ3n) is 4.15. The Hall–Kier alpha value is -3.84. The molecule has 0 atom stereocenters. The molecule has 0 fully saturated rings. The summed E-state index contributed by atoms with van der Waals surface area (Å²) in [5.74, 6) is -0.465. The highest BCUT2D eigenvalue weighted by atomic mass is 32.1. The fraction of sp³-hybridized carbons (Fsp3) is 0. The summed E-state index contributed by atoms with van der Waals surface area (Å²) in [7, 11) is 0. The van der Waals surface area contributed by atoms with E-state index in [1.165, 1.54) is 6.08 Å². The molecule has 1 aromatic carbocycles. The van der Waals surface area contributed by atoms with E-state index in [-0.39, 0.29) is 11.7 Å². The zero-order chi connectivity index (χ0) is 20.1.